The topological polar surface area (TPSA) is 121 Å². The van der Waals surface area contributed by atoms with Crippen LogP contribution in [0.5, 0.6) is 5.75 Å². The average Bonchev–Trinajstić information content (AvgIpc) is 3.14. The van der Waals surface area contributed by atoms with Crippen LogP contribution in [0.15, 0.2) is 90.5 Å². The number of Topliss-reactive ketones (excluding diaryl/α,β-unsaturated/α-hetero) is 1. The van der Waals surface area contributed by atoms with E-state index in [1.807, 2.05) is 18.2 Å². The lowest BCUT2D eigenvalue weighted by molar-refractivity contribution is -0.385. The summed E-state index contributed by atoms with van der Waals surface area (Å²) < 4.78 is 13.6. The Morgan fingerprint density at radius 3 is 2.36 bits per heavy atom. The minimum Gasteiger partial charge on any atom is -0.507 e. The van der Waals surface area contributed by atoms with Crippen LogP contribution in [-0.4, -0.2) is 26.8 Å². The maximum Gasteiger partial charge on any atom is 0.311 e. The number of nitro groups is 1. The van der Waals surface area contributed by atoms with Crippen LogP contribution < -0.4 is 4.90 Å². The molecule has 1 aliphatic heterocycles. The average molecular weight is 484 g/mol. The highest BCUT2D eigenvalue weighted by molar-refractivity contribution is 6.51. The SMILES string of the molecule is O=C1C(=O)N(c2ccc(F)cc2)C(c2ccc(O)c([N+](=O)[O-])c2)/C1=C(\O)c1cccc2ccccc12. The number of aliphatic hydroxyl groups is 1. The molecule has 4 aromatic rings. The van der Waals surface area contributed by atoms with Gasteiger partial charge in [0.2, 0.25) is 0 Å². The lowest BCUT2D eigenvalue weighted by atomic mass is 9.93. The molecule has 1 amide bonds. The molecule has 4 aromatic carbocycles. The molecule has 0 bridgehead atoms. The molecule has 0 radical (unpaired) electrons. The van der Waals surface area contributed by atoms with Gasteiger partial charge in [-0.3, -0.25) is 24.6 Å². The van der Waals surface area contributed by atoms with Crippen molar-refractivity contribution in [3.05, 3.63) is 118 Å². The predicted octanol–water partition coefficient (Wildman–Crippen LogP) is 5.22. The van der Waals surface area contributed by atoms with Gasteiger partial charge < -0.3 is 10.2 Å². The molecule has 9 heteroatoms. The summed E-state index contributed by atoms with van der Waals surface area (Å²) in [5.74, 6) is -3.63. The van der Waals surface area contributed by atoms with Gasteiger partial charge in [-0.05, 0) is 46.7 Å². The standard InChI is InChI=1S/C27H17FN2O6/c28-17-9-11-18(12-10-17)29-24(16-8-13-22(31)21(14-16)30(35)36)23(26(33)27(29)34)25(32)20-7-3-5-15-4-1-2-6-19(15)20/h1-14,24,31-32H/b25-23+. The summed E-state index contributed by atoms with van der Waals surface area (Å²) >= 11 is 0. The number of carbonyl (C=O) groups excluding carboxylic acids is 2. The zero-order chi connectivity index (χ0) is 25.6. The molecular formula is C27H17FN2O6. The molecule has 1 aliphatic rings. The summed E-state index contributed by atoms with van der Waals surface area (Å²) in [5, 5.41) is 34.3. The molecule has 36 heavy (non-hydrogen) atoms. The number of nitro benzene ring substituents is 1. The van der Waals surface area contributed by atoms with Crippen LogP contribution in [0.4, 0.5) is 15.8 Å². The van der Waals surface area contributed by atoms with Crippen LogP contribution in [0, 0.1) is 15.9 Å². The second kappa shape index (κ2) is 8.62. The van der Waals surface area contributed by atoms with Crippen LogP contribution >= 0.6 is 0 Å². The molecule has 0 spiro atoms. The van der Waals surface area contributed by atoms with E-state index in [9.17, 15) is 34.3 Å². The number of nitrogens with zero attached hydrogens (tertiary/aromatic N) is 2. The van der Waals surface area contributed by atoms with Crippen LogP contribution in [0.2, 0.25) is 0 Å². The molecule has 0 saturated carbocycles. The second-order valence-electron chi connectivity index (χ2n) is 8.18. The number of rotatable bonds is 4. The number of hydrogen-bond acceptors (Lipinski definition) is 6. The van der Waals surface area contributed by atoms with E-state index in [0.717, 1.165) is 34.6 Å². The Morgan fingerprint density at radius 1 is 0.944 bits per heavy atom. The fraction of sp³-hybridized carbons (Fsp3) is 0.0370. The quantitative estimate of drug-likeness (QED) is 0.135. The number of carbonyl (C=O) groups is 2. The predicted molar refractivity (Wildman–Crippen MR) is 130 cm³/mol. The minimum atomic E-state index is -1.28. The van der Waals surface area contributed by atoms with Crippen LogP contribution in [0.3, 0.4) is 0 Å². The number of benzene rings is 4. The first kappa shape index (κ1) is 22.7. The summed E-state index contributed by atoms with van der Waals surface area (Å²) in [6.45, 7) is 0. The number of amides is 1. The Morgan fingerprint density at radius 2 is 1.64 bits per heavy atom. The smallest absolute Gasteiger partial charge is 0.311 e. The van der Waals surface area contributed by atoms with Crippen molar-refractivity contribution in [3.8, 4) is 5.75 Å². The number of phenols is 1. The monoisotopic (exact) mass is 484 g/mol. The first-order chi connectivity index (χ1) is 17.3. The lowest BCUT2D eigenvalue weighted by Crippen LogP contribution is -2.29. The molecule has 2 N–H and O–H groups in total. The summed E-state index contributed by atoms with van der Waals surface area (Å²) in [6.07, 6.45) is 0. The van der Waals surface area contributed by atoms with Gasteiger partial charge in [0.05, 0.1) is 16.5 Å². The van der Waals surface area contributed by atoms with Crippen molar-refractivity contribution in [2.24, 2.45) is 0 Å². The van der Waals surface area contributed by atoms with Crippen molar-refractivity contribution in [1.82, 2.24) is 0 Å². The Bertz CT molecular complexity index is 1590. The molecule has 1 saturated heterocycles. The highest BCUT2D eigenvalue weighted by Gasteiger charge is 2.47. The highest BCUT2D eigenvalue weighted by Crippen LogP contribution is 2.44. The molecule has 8 nitrogen and oxygen atoms in total. The first-order valence-electron chi connectivity index (χ1n) is 10.8. The van der Waals surface area contributed by atoms with E-state index in [4.69, 9.17) is 0 Å². The third kappa shape index (κ3) is 3.63. The summed E-state index contributed by atoms with van der Waals surface area (Å²) in [4.78, 5) is 38.3. The van der Waals surface area contributed by atoms with Gasteiger partial charge in [-0.1, -0.05) is 48.5 Å². The molecule has 0 aliphatic carbocycles. The molecule has 1 unspecified atom stereocenters. The van der Waals surface area contributed by atoms with Gasteiger partial charge in [-0.15, -0.1) is 0 Å². The van der Waals surface area contributed by atoms with Gasteiger partial charge in [-0.2, -0.15) is 0 Å². The van der Waals surface area contributed by atoms with E-state index in [1.54, 1.807) is 24.3 Å². The maximum absolute atomic E-state index is 13.6. The Labute approximate surface area is 203 Å². The van der Waals surface area contributed by atoms with E-state index < -0.39 is 45.7 Å². The van der Waals surface area contributed by atoms with Crippen LogP contribution in [-0.2, 0) is 9.59 Å². The van der Waals surface area contributed by atoms with Crippen molar-refractivity contribution in [2.45, 2.75) is 6.04 Å². The minimum absolute atomic E-state index is 0.102. The summed E-state index contributed by atoms with van der Waals surface area (Å²) in [6, 6.07) is 19.2. The van der Waals surface area contributed by atoms with Crippen LogP contribution in [0.25, 0.3) is 16.5 Å². The number of phenolic OH excluding ortho intramolecular Hbond substituents is 1. The number of aliphatic hydroxyl groups excluding tert-OH is 1. The number of ketones is 1. The van der Waals surface area contributed by atoms with Crippen molar-refractivity contribution in [3.63, 3.8) is 0 Å². The Hall–Kier alpha value is -5.05. The largest absolute Gasteiger partial charge is 0.507 e. The second-order valence-corrected chi connectivity index (χ2v) is 8.18. The van der Waals surface area contributed by atoms with E-state index >= 15 is 0 Å². The van der Waals surface area contributed by atoms with E-state index in [0.29, 0.717) is 10.9 Å². The molecule has 1 heterocycles. The fourth-order valence-electron chi connectivity index (χ4n) is 4.45. The summed E-state index contributed by atoms with van der Waals surface area (Å²) in [5.41, 5.74) is -0.382. The number of halogens is 1. The maximum atomic E-state index is 13.6. The molecule has 0 aromatic heterocycles. The van der Waals surface area contributed by atoms with Crippen molar-refractivity contribution < 1.29 is 29.1 Å². The van der Waals surface area contributed by atoms with Gasteiger partial charge in [0.15, 0.2) is 5.75 Å². The highest BCUT2D eigenvalue weighted by atomic mass is 19.1. The zero-order valence-electron chi connectivity index (χ0n) is 18.5. The van der Waals surface area contributed by atoms with Crippen molar-refractivity contribution in [1.29, 1.82) is 0 Å². The van der Waals surface area contributed by atoms with Crippen molar-refractivity contribution >= 4 is 39.6 Å². The number of hydrogen-bond donors (Lipinski definition) is 2. The van der Waals surface area contributed by atoms with E-state index in [1.165, 1.54) is 18.2 Å². The lowest BCUT2D eigenvalue weighted by Gasteiger charge is -2.25. The molecular weight excluding hydrogens is 467 g/mol. The van der Waals surface area contributed by atoms with Gasteiger partial charge >= 0.3 is 5.69 Å². The molecule has 1 fully saturated rings. The third-order valence-electron chi connectivity index (χ3n) is 6.11. The van der Waals surface area contributed by atoms with Gasteiger partial charge in [0, 0.05) is 17.3 Å². The van der Waals surface area contributed by atoms with Crippen molar-refractivity contribution in [2.75, 3.05) is 4.90 Å². The van der Waals surface area contributed by atoms with Crippen LogP contribution in [0.1, 0.15) is 17.2 Å². The normalized spacial score (nSPS) is 17.0. The number of anilines is 1. The third-order valence-corrected chi connectivity index (χ3v) is 6.11. The first-order valence-corrected chi connectivity index (χ1v) is 10.8. The number of aromatic hydroxyl groups is 1. The van der Waals surface area contributed by atoms with Gasteiger partial charge in [0.1, 0.15) is 11.6 Å². The van der Waals surface area contributed by atoms with Gasteiger partial charge in [0.25, 0.3) is 11.7 Å². The van der Waals surface area contributed by atoms with E-state index in [-0.39, 0.29) is 16.8 Å². The molecule has 1 atom stereocenters. The van der Waals surface area contributed by atoms with E-state index in [2.05, 4.69) is 0 Å². The van der Waals surface area contributed by atoms with Gasteiger partial charge in [-0.25, -0.2) is 4.39 Å². The summed E-state index contributed by atoms with van der Waals surface area (Å²) in [7, 11) is 0. The fourth-order valence-corrected chi connectivity index (χ4v) is 4.45. The zero-order valence-corrected chi connectivity index (χ0v) is 18.5. The number of fused-ring (bicyclic) bond motifs is 1. The Balaban J connectivity index is 1.80. The molecule has 178 valence electrons. The molecule has 5 rings (SSSR count). The Kier molecular flexibility index (Phi) is 5.44.